The van der Waals surface area contributed by atoms with E-state index >= 15 is 0 Å². The fourth-order valence-corrected chi connectivity index (χ4v) is 9.30. The Labute approximate surface area is 304 Å². The zero-order valence-electron chi connectivity index (χ0n) is 28.1. The van der Waals surface area contributed by atoms with Crippen molar-refractivity contribution >= 4 is 75.0 Å². The highest BCUT2D eigenvalue weighted by molar-refractivity contribution is 7.26. The maximum absolute atomic E-state index is 5.33. The molecule has 0 atom stereocenters. The molecule has 3 aromatic heterocycles. The first-order valence-electron chi connectivity index (χ1n) is 17.7. The molecule has 0 aliphatic rings. The lowest BCUT2D eigenvalue weighted by molar-refractivity contribution is 1.18. The molecule has 0 amide bonds. The molecule has 0 spiro atoms. The van der Waals surface area contributed by atoms with Crippen molar-refractivity contribution in [1.29, 1.82) is 0 Å². The van der Waals surface area contributed by atoms with E-state index in [9.17, 15) is 0 Å². The van der Waals surface area contributed by atoms with Crippen LogP contribution in [0, 0.1) is 0 Å². The number of hydrogen-bond donors (Lipinski definition) is 0. The Hall–Kier alpha value is -6.55. The van der Waals surface area contributed by atoms with Crippen LogP contribution in [0.5, 0.6) is 0 Å². The van der Waals surface area contributed by atoms with Crippen molar-refractivity contribution in [3.05, 3.63) is 182 Å². The Morgan fingerprint density at radius 3 is 1.85 bits per heavy atom. The zero-order chi connectivity index (χ0) is 34.2. The third kappa shape index (κ3) is 4.46. The van der Waals surface area contributed by atoms with Gasteiger partial charge < -0.3 is 4.57 Å². The van der Waals surface area contributed by atoms with Crippen LogP contribution < -0.4 is 0 Å². The molecule has 8 aromatic carbocycles. The molecule has 0 radical (unpaired) electrons. The van der Waals surface area contributed by atoms with Gasteiger partial charge in [-0.1, -0.05) is 127 Å². The van der Waals surface area contributed by atoms with E-state index in [1.165, 1.54) is 86.1 Å². The second kappa shape index (κ2) is 11.5. The largest absolute Gasteiger partial charge is 0.309 e. The van der Waals surface area contributed by atoms with Crippen LogP contribution in [0.4, 0.5) is 0 Å². The van der Waals surface area contributed by atoms with Crippen LogP contribution in [0.25, 0.3) is 103 Å². The lowest BCUT2D eigenvalue weighted by atomic mass is 9.93. The van der Waals surface area contributed by atoms with Crippen LogP contribution >= 0.6 is 11.3 Å². The predicted molar refractivity (Wildman–Crippen MR) is 223 cm³/mol. The topological polar surface area (TPSA) is 17.8 Å². The highest BCUT2D eigenvalue weighted by Crippen LogP contribution is 2.44. The summed E-state index contributed by atoms with van der Waals surface area (Å²) >= 11 is 1.87. The molecule has 2 nitrogen and oxygen atoms in total. The van der Waals surface area contributed by atoms with E-state index < -0.39 is 0 Å². The molecule has 3 heterocycles. The summed E-state index contributed by atoms with van der Waals surface area (Å²) in [5.74, 6) is 0. The van der Waals surface area contributed by atoms with Gasteiger partial charge in [-0.3, -0.25) is 0 Å². The van der Waals surface area contributed by atoms with Gasteiger partial charge in [-0.25, -0.2) is 4.98 Å². The zero-order valence-corrected chi connectivity index (χ0v) is 28.9. The van der Waals surface area contributed by atoms with Crippen molar-refractivity contribution in [3.63, 3.8) is 0 Å². The monoisotopic (exact) mass is 678 g/mol. The molecule has 0 fully saturated rings. The molecule has 0 saturated heterocycles. The minimum absolute atomic E-state index is 1.01. The summed E-state index contributed by atoms with van der Waals surface area (Å²) in [6.07, 6.45) is 0. The minimum atomic E-state index is 1.01. The van der Waals surface area contributed by atoms with E-state index in [1.54, 1.807) is 0 Å². The molecule has 0 unspecified atom stereocenters. The molecule has 0 aliphatic heterocycles. The smallest absolute Gasteiger partial charge is 0.0788 e. The van der Waals surface area contributed by atoms with Crippen molar-refractivity contribution in [1.82, 2.24) is 9.55 Å². The van der Waals surface area contributed by atoms with E-state index in [4.69, 9.17) is 4.98 Å². The van der Waals surface area contributed by atoms with Crippen LogP contribution in [0.15, 0.2) is 182 Å². The Balaban J connectivity index is 1.12. The molecule has 11 aromatic rings. The van der Waals surface area contributed by atoms with Gasteiger partial charge in [0.2, 0.25) is 0 Å². The van der Waals surface area contributed by atoms with Crippen LogP contribution in [0.3, 0.4) is 0 Å². The maximum atomic E-state index is 5.33. The SMILES string of the molecule is c1ccc(-c2nc3ccc(-c4cccc(-c5ccc6c7ccccc7n(-c7ccccc7)c6c5)c4)cc3c3c2ccc2sc4ccccc4c23)cc1. The summed E-state index contributed by atoms with van der Waals surface area (Å²) in [4.78, 5) is 5.33. The van der Waals surface area contributed by atoms with Crippen molar-refractivity contribution in [2.75, 3.05) is 0 Å². The van der Waals surface area contributed by atoms with Gasteiger partial charge in [-0.15, -0.1) is 11.3 Å². The number of hydrogen-bond acceptors (Lipinski definition) is 2. The predicted octanol–water partition coefficient (Wildman–Crippen LogP) is 13.9. The van der Waals surface area contributed by atoms with E-state index in [1.807, 2.05) is 11.3 Å². The Morgan fingerprint density at radius 1 is 0.365 bits per heavy atom. The molecule has 52 heavy (non-hydrogen) atoms. The molecule has 242 valence electrons. The number of benzene rings is 8. The minimum Gasteiger partial charge on any atom is -0.309 e. The number of aromatic nitrogens is 2. The van der Waals surface area contributed by atoms with Crippen molar-refractivity contribution < 1.29 is 0 Å². The van der Waals surface area contributed by atoms with Gasteiger partial charge in [0.25, 0.3) is 0 Å². The van der Waals surface area contributed by atoms with Crippen molar-refractivity contribution in [3.8, 4) is 39.2 Å². The van der Waals surface area contributed by atoms with E-state index in [-0.39, 0.29) is 0 Å². The number of pyridine rings is 1. The summed E-state index contributed by atoms with van der Waals surface area (Å²) in [6, 6.07) is 66.0. The maximum Gasteiger partial charge on any atom is 0.0788 e. The van der Waals surface area contributed by atoms with Crippen molar-refractivity contribution in [2.24, 2.45) is 0 Å². The van der Waals surface area contributed by atoms with Crippen LogP contribution in [0.1, 0.15) is 0 Å². The first-order chi connectivity index (χ1) is 25.8. The van der Waals surface area contributed by atoms with Gasteiger partial charge in [0, 0.05) is 58.4 Å². The van der Waals surface area contributed by atoms with Crippen LogP contribution in [0.2, 0.25) is 0 Å². The molecule has 11 rings (SSSR count). The third-order valence-electron chi connectivity index (χ3n) is 10.6. The van der Waals surface area contributed by atoms with E-state index in [0.717, 1.165) is 16.8 Å². The number of nitrogens with zero attached hydrogens (tertiary/aromatic N) is 2. The second-order valence-corrected chi connectivity index (χ2v) is 14.6. The van der Waals surface area contributed by atoms with Crippen molar-refractivity contribution in [2.45, 2.75) is 0 Å². The average molecular weight is 679 g/mol. The standard InChI is InChI=1S/C49H30N2S/c1-3-12-31(13-4-1)49-40-25-27-46-48(39-19-8-10-21-45(39)52-46)47(40)41-29-34(23-26-42(41)50-49)32-14-11-15-33(28-32)35-22-24-38-37-18-7-9-20-43(37)51(44(38)30-35)36-16-5-2-6-17-36/h1-30H. The van der Waals surface area contributed by atoms with Gasteiger partial charge in [0.15, 0.2) is 0 Å². The quantitative estimate of drug-likeness (QED) is 0.169. The van der Waals surface area contributed by atoms with Gasteiger partial charge in [0.1, 0.15) is 0 Å². The van der Waals surface area contributed by atoms with E-state index in [0.29, 0.717) is 0 Å². The van der Waals surface area contributed by atoms with Gasteiger partial charge in [0.05, 0.1) is 22.2 Å². The summed E-state index contributed by atoms with van der Waals surface area (Å²) in [5, 5.41) is 8.78. The Kier molecular flexibility index (Phi) is 6.46. The van der Waals surface area contributed by atoms with Gasteiger partial charge in [-0.05, 0) is 76.9 Å². The first-order valence-corrected chi connectivity index (χ1v) is 18.5. The highest BCUT2D eigenvalue weighted by Gasteiger charge is 2.18. The van der Waals surface area contributed by atoms with Crippen LogP contribution in [-0.4, -0.2) is 9.55 Å². The lowest BCUT2D eigenvalue weighted by Crippen LogP contribution is -1.93. The fraction of sp³-hybridized carbons (Fsp3) is 0. The Morgan fingerprint density at radius 2 is 1.00 bits per heavy atom. The Bertz CT molecular complexity index is 3170. The van der Waals surface area contributed by atoms with Gasteiger partial charge >= 0.3 is 0 Å². The normalized spacial score (nSPS) is 11.8. The second-order valence-electron chi connectivity index (χ2n) is 13.5. The molecular formula is C49H30N2S. The molecule has 0 bridgehead atoms. The molecular weight excluding hydrogens is 649 g/mol. The number of thiophene rings is 1. The van der Waals surface area contributed by atoms with Crippen LogP contribution in [-0.2, 0) is 0 Å². The number of fused-ring (bicyclic) bond motifs is 10. The molecule has 0 saturated carbocycles. The highest BCUT2D eigenvalue weighted by atomic mass is 32.1. The summed E-state index contributed by atoms with van der Waals surface area (Å²) in [5.41, 5.74) is 11.5. The van der Waals surface area contributed by atoms with Gasteiger partial charge in [-0.2, -0.15) is 0 Å². The molecule has 3 heteroatoms. The molecule has 0 aliphatic carbocycles. The molecule has 0 N–H and O–H groups in total. The number of rotatable bonds is 4. The summed E-state index contributed by atoms with van der Waals surface area (Å²) in [6.45, 7) is 0. The third-order valence-corrected chi connectivity index (χ3v) is 11.7. The van der Waals surface area contributed by atoms with E-state index in [2.05, 4.69) is 187 Å². The summed E-state index contributed by atoms with van der Waals surface area (Å²) in [7, 11) is 0. The number of para-hydroxylation sites is 2. The fourth-order valence-electron chi connectivity index (χ4n) is 8.19. The summed E-state index contributed by atoms with van der Waals surface area (Å²) < 4.78 is 5.00. The average Bonchev–Trinajstić information content (AvgIpc) is 3.76. The first kappa shape index (κ1) is 29.2. The lowest BCUT2D eigenvalue weighted by Gasteiger charge is -2.13.